The van der Waals surface area contributed by atoms with Crippen LogP contribution >= 0.6 is 11.3 Å². The first kappa shape index (κ1) is 14.6. The number of morpholine rings is 1. The Balaban J connectivity index is 1.65. The molecule has 0 unspecified atom stereocenters. The minimum atomic E-state index is 0.841. The topological polar surface area (TPSA) is 46.6 Å². The summed E-state index contributed by atoms with van der Waals surface area (Å²) in [6, 6.07) is 4.06. The molecule has 0 bridgehead atoms. The van der Waals surface area contributed by atoms with Gasteiger partial charge in [0.05, 0.1) is 25.0 Å². The summed E-state index contributed by atoms with van der Waals surface area (Å²) in [7, 11) is 1.69. The molecule has 1 aromatic carbocycles. The zero-order chi connectivity index (χ0) is 14.7. The fraction of sp³-hybridized carbons (Fsp3) is 0.533. The average molecular weight is 307 g/mol. The normalized spacial score (nSPS) is 16.3. The van der Waals surface area contributed by atoms with Gasteiger partial charge in [-0.1, -0.05) is 17.4 Å². The molecule has 1 N–H and O–H groups in total. The first-order chi connectivity index (χ1) is 10.3. The number of aryl methyl sites for hydroxylation is 1. The van der Waals surface area contributed by atoms with Crippen LogP contribution in [0.5, 0.6) is 5.75 Å². The number of fused-ring (bicyclic) bond motifs is 1. The van der Waals surface area contributed by atoms with Crippen molar-refractivity contribution in [3.63, 3.8) is 0 Å². The van der Waals surface area contributed by atoms with E-state index in [4.69, 9.17) is 9.47 Å². The Labute approximate surface area is 128 Å². The molecule has 6 heteroatoms. The lowest BCUT2D eigenvalue weighted by Crippen LogP contribution is -2.38. The van der Waals surface area contributed by atoms with E-state index in [0.29, 0.717) is 0 Å². The fourth-order valence-corrected chi connectivity index (χ4v) is 3.47. The van der Waals surface area contributed by atoms with Gasteiger partial charge < -0.3 is 14.8 Å². The molecule has 0 radical (unpaired) electrons. The van der Waals surface area contributed by atoms with Gasteiger partial charge in [0.1, 0.15) is 11.3 Å². The lowest BCUT2D eigenvalue weighted by atomic mass is 10.2. The van der Waals surface area contributed by atoms with Crippen molar-refractivity contribution in [2.24, 2.45) is 0 Å². The molecule has 0 atom stereocenters. The standard InChI is InChI=1S/C15H21N3O2S/c1-11-3-4-12(19-2)13-14(11)21-15(17-13)16-5-6-18-7-9-20-10-8-18/h3-4H,5-10H2,1-2H3,(H,16,17). The van der Waals surface area contributed by atoms with Crippen LogP contribution in [0.1, 0.15) is 5.56 Å². The van der Waals surface area contributed by atoms with Crippen LogP contribution in [0.2, 0.25) is 0 Å². The van der Waals surface area contributed by atoms with E-state index in [1.54, 1.807) is 18.4 Å². The van der Waals surface area contributed by atoms with Crippen LogP contribution in [0.15, 0.2) is 12.1 Å². The highest BCUT2D eigenvalue weighted by atomic mass is 32.1. The number of benzene rings is 1. The Morgan fingerprint density at radius 2 is 2.19 bits per heavy atom. The van der Waals surface area contributed by atoms with E-state index < -0.39 is 0 Å². The van der Waals surface area contributed by atoms with Gasteiger partial charge in [0.2, 0.25) is 0 Å². The van der Waals surface area contributed by atoms with Gasteiger partial charge in [0, 0.05) is 26.2 Å². The van der Waals surface area contributed by atoms with Crippen LogP contribution in [-0.4, -0.2) is 56.4 Å². The molecule has 114 valence electrons. The maximum absolute atomic E-state index is 5.39. The van der Waals surface area contributed by atoms with Gasteiger partial charge in [-0.15, -0.1) is 0 Å². The molecule has 1 saturated heterocycles. The highest BCUT2D eigenvalue weighted by molar-refractivity contribution is 7.22. The van der Waals surface area contributed by atoms with Crippen molar-refractivity contribution in [1.29, 1.82) is 0 Å². The second-order valence-corrected chi connectivity index (χ2v) is 6.16. The van der Waals surface area contributed by atoms with Crippen LogP contribution in [0.25, 0.3) is 10.2 Å². The van der Waals surface area contributed by atoms with Gasteiger partial charge in [-0.2, -0.15) is 0 Å². The Morgan fingerprint density at radius 3 is 2.95 bits per heavy atom. The highest BCUT2D eigenvalue weighted by Gasteiger charge is 2.12. The molecule has 1 aromatic heterocycles. The van der Waals surface area contributed by atoms with Crippen LogP contribution in [0.3, 0.4) is 0 Å². The summed E-state index contributed by atoms with van der Waals surface area (Å²) in [6.45, 7) is 7.77. The molecular formula is C15H21N3O2S. The monoisotopic (exact) mass is 307 g/mol. The lowest BCUT2D eigenvalue weighted by Gasteiger charge is -2.26. The molecule has 0 aliphatic carbocycles. The molecule has 2 heterocycles. The Morgan fingerprint density at radius 1 is 1.38 bits per heavy atom. The van der Waals surface area contributed by atoms with E-state index in [9.17, 15) is 0 Å². The van der Waals surface area contributed by atoms with E-state index in [1.807, 2.05) is 6.07 Å². The molecule has 2 aromatic rings. The Hall–Kier alpha value is -1.37. The average Bonchev–Trinajstić information content (AvgIpc) is 2.94. The van der Waals surface area contributed by atoms with Gasteiger partial charge in [0.15, 0.2) is 5.13 Å². The summed E-state index contributed by atoms with van der Waals surface area (Å²) in [6.07, 6.45) is 0. The number of hydrogen-bond acceptors (Lipinski definition) is 6. The van der Waals surface area contributed by atoms with Gasteiger partial charge in [-0.25, -0.2) is 4.98 Å². The number of ether oxygens (including phenoxy) is 2. The zero-order valence-corrected chi connectivity index (χ0v) is 13.3. The quantitative estimate of drug-likeness (QED) is 0.919. The molecule has 21 heavy (non-hydrogen) atoms. The van der Waals surface area contributed by atoms with Gasteiger partial charge in [-0.05, 0) is 18.6 Å². The molecule has 5 nitrogen and oxygen atoms in total. The second-order valence-electron chi connectivity index (χ2n) is 5.16. The minimum Gasteiger partial charge on any atom is -0.494 e. The van der Waals surface area contributed by atoms with Gasteiger partial charge in [0.25, 0.3) is 0 Å². The Bertz CT molecular complexity index is 608. The number of nitrogens with zero attached hydrogens (tertiary/aromatic N) is 2. The van der Waals surface area contributed by atoms with Crippen LogP contribution in [0.4, 0.5) is 5.13 Å². The van der Waals surface area contributed by atoms with Crippen molar-refractivity contribution in [1.82, 2.24) is 9.88 Å². The van der Waals surface area contributed by atoms with Crippen LogP contribution < -0.4 is 10.1 Å². The lowest BCUT2D eigenvalue weighted by molar-refractivity contribution is 0.0398. The number of thiazole rings is 1. The summed E-state index contributed by atoms with van der Waals surface area (Å²) in [5, 5.41) is 4.39. The number of anilines is 1. The largest absolute Gasteiger partial charge is 0.494 e. The smallest absolute Gasteiger partial charge is 0.183 e. The van der Waals surface area contributed by atoms with Crippen LogP contribution in [0, 0.1) is 6.92 Å². The SMILES string of the molecule is COc1ccc(C)c2sc(NCCN3CCOCC3)nc12. The summed E-state index contributed by atoms with van der Waals surface area (Å²) >= 11 is 1.69. The van der Waals surface area contributed by atoms with Crippen LogP contribution in [-0.2, 0) is 4.74 Å². The van der Waals surface area contributed by atoms with Crippen molar-refractivity contribution < 1.29 is 9.47 Å². The predicted molar refractivity (Wildman–Crippen MR) is 86.7 cm³/mol. The summed E-state index contributed by atoms with van der Waals surface area (Å²) in [5.41, 5.74) is 2.20. The highest BCUT2D eigenvalue weighted by Crippen LogP contribution is 2.34. The molecule has 1 fully saturated rings. The number of hydrogen-bond donors (Lipinski definition) is 1. The van der Waals surface area contributed by atoms with Gasteiger partial charge >= 0.3 is 0 Å². The molecule has 1 aliphatic heterocycles. The summed E-state index contributed by atoms with van der Waals surface area (Å²) in [4.78, 5) is 7.08. The Kier molecular flexibility index (Phi) is 4.57. The number of aromatic nitrogens is 1. The first-order valence-electron chi connectivity index (χ1n) is 7.26. The van der Waals surface area contributed by atoms with E-state index in [2.05, 4.69) is 28.2 Å². The summed E-state index contributed by atoms with van der Waals surface area (Å²) in [5.74, 6) is 0.841. The van der Waals surface area contributed by atoms with Crippen molar-refractivity contribution in [2.45, 2.75) is 6.92 Å². The van der Waals surface area contributed by atoms with Crippen molar-refractivity contribution in [2.75, 3.05) is 51.8 Å². The van der Waals surface area contributed by atoms with E-state index in [-0.39, 0.29) is 0 Å². The van der Waals surface area contributed by atoms with E-state index in [0.717, 1.165) is 55.8 Å². The molecule has 1 aliphatic rings. The van der Waals surface area contributed by atoms with Crippen molar-refractivity contribution >= 4 is 26.7 Å². The predicted octanol–water partition coefficient (Wildman–Crippen LogP) is 2.36. The fourth-order valence-electron chi connectivity index (χ4n) is 2.50. The van der Waals surface area contributed by atoms with Crippen molar-refractivity contribution in [3.8, 4) is 5.75 Å². The van der Waals surface area contributed by atoms with Gasteiger partial charge in [-0.3, -0.25) is 4.90 Å². The third-order valence-corrected chi connectivity index (χ3v) is 4.88. The molecular weight excluding hydrogens is 286 g/mol. The number of nitrogens with one attached hydrogen (secondary N) is 1. The molecule has 0 saturated carbocycles. The first-order valence-corrected chi connectivity index (χ1v) is 8.07. The summed E-state index contributed by atoms with van der Waals surface area (Å²) < 4.78 is 11.9. The maximum Gasteiger partial charge on any atom is 0.183 e. The molecule has 3 rings (SSSR count). The number of rotatable bonds is 5. The van der Waals surface area contributed by atoms with E-state index in [1.165, 1.54) is 10.3 Å². The zero-order valence-electron chi connectivity index (χ0n) is 12.5. The maximum atomic E-state index is 5.39. The molecule has 0 amide bonds. The minimum absolute atomic E-state index is 0.841. The van der Waals surface area contributed by atoms with E-state index >= 15 is 0 Å². The third kappa shape index (κ3) is 3.28. The van der Waals surface area contributed by atoms with Crippen molar-refractivity contribution in [3.05, 3.63) is 17.7 Å². The number of methoxy groups -OCH3 is 1. The second kappa shape index (κ2) is 6.60. The third-order valence-electron chi connectivity index (χ3n) is 3.73. The molecule has 0 spiro atoms.